The Kier molecular flexibility index (Phi) is 7.71. The molecule has 0 radical (unpaired) electrons. The Hall–Kier alpha value is -2.58. The van der Waals surface area contributed by atoms with E-state index in [9.17, 15) is 8.42 Å². The molecule has 2 atom stereocenters. The highest BCUT2D eigenvalue weighted by Gasteiger charge is 2.35. The van der Waals surface area contributed by atoms with Crippen LogP contribution in [-0.2, 0) is 23.0 Å². The lowest BCUT2D eigenvalue weighted by Gasteiger charge is -2.41. The van der Waals surface area contributed by atoms with Gasteiger partial charge in [-0.15, -0.1) is 0 Å². The van der Waals surface area contributed by atoms with Crippen LogP contribution in [0.15, 0.2) is 65.6 Å². The van der Waals surface area contributed by atoms with Gasteiger partial charge in [-0.25, -0.2) is 13.1 Å². The summed E-state index contributed by atoms with van der Waals surface area (Å²) in [4.78, 5) is 2.51. The molecule has 6 nitrogen and oxygen atoms in total. The molecule has 4 rings (SSSR count). The Balaban J connectivity index is 1.71. The maximum atomic E-state index is 13.2. The van der Waals surface area contributed by atoms with Crippen LogP contribution in [0, 0.1) is 6.92 Å². The molecule has 1 N–H and O–H groups in total. The van der Waals surface area contributed by atoms with Crippen LogP contribution in [0.25, 0.3) is 0 Å². The predicted molar refractivity (Wildman–Crippen MR) is 139 cm³/mol. The van der Waals surface area contributed by atoms with E-state index in [1.54, 1.807) is 26.4 Å². The summed E-state index contributed by atoms with van der Waals surface area (Å²) in [5.41, 5.74) is 4.55. The summed E-state index contributed by atoms with van der Waals surface area (Å²) in [6, 6.07) is 18.0. The highest BCUT2D eigenvalue weighted by atomic mass is 35.5. The van der Waals surface area contributed by atoms with Crippen LogP contribution in [-0.4, -0.2) is 40.1 Å². The van der Waals surface area contributed by atoms with E-state index in [1.165, 1.54) is 23.3 Å². The van der Waals surface area contributed by atoms with Gasteiger partial charge < -0.3 is 9.47 Å². The lowest BCUT2D eigenvalue weighted by atomic mass is 9.88. The SMILES string of the molecule is COc1cc2c(cc1OC)[C@H]([C@@H](C)NS(=O)(=O)c1ccc(Cl)cc1)N(Cc1ccc(C)cc1)CC2. The number of nitrogens with zero attached hydrogens (tertiary/aromatic N) is 1. The highest BCUT2D eigenvalue weighted by Crippen LogP contribution is 2.40. The molecule has 0 saturated heterocycles. The van der Waals surface area contributed by atoms with Gasteiger partial charge in [-0.1, -0.05) is 41.4 Å². The molecule has 0 aliphatic carbocycles. The molecule has 0 spiro atoms. The molecule has 186 valence electrons. The highest BCUT2D eigenvalue weighted by molar-refractivity contribution is 7.89. The minimum atomic E-state index is -3.75. The minimum Gasteiger partial charge on any atom is -0.493 e. The smallest absolute Gasteiger partial charge is 0.240 e. The molecule has 0 aromatic heterocycles. The number of methoxy groups -OCH3 is 2. The summed E-state index contributed by atoms with van der Waals surface area (Å²) in [7, 11) is -0.518. The molecule has 0 amide bonds. The molecule has 1 aliphatic rings. The van der Waals surface area contributed by atoms with Gasteiger partial charge >= 0.3 is 0 Å². The Bertz CT molecular complexity index is 1280. The van der Waals surface area contributed by atoms with Crippen LogP contribution in [0.2, 0.25) is 5.02 Å². The van der Waals surface area contributed by atoms with E-state index in [2.05, 4.69) is 40.8 Å². The molecule has 1 heterocycles. The van der Waals surface area contributed by atoms with Crippen molar-refractivity contribution in [3.8, 4) is 11.5 Å². The first-order valence-electron chi connectivity index (χ1n) is 11.5. The van der Waals surface area contributed by atoms with E-state index in [4.69, 9.17) is 21.1 Å². The maximum Gasteiger partial charge on any atom is 0.240 e. The number of benzene rings is 3. The van der Waals surface area contributed by atoms with Crippen molar-refractivity contribution in [2.24, 2.45) is 0 Å². The van der Waals surface area contributed by atoms with E-state index < -0.39 is 16.1 Å². The van der Waals surface area contributed by atoms with Crippen molar-refractivity contribution < 1.29 is 17.9 Å². The van der Waals surface area contributed by atoms with E-state index in [0.717, 1.165) is 24.1 Å². The van der Waals surface area contributed by atoms with Crippen molar-refractivity contribution >= 4 is 21.6 Å². The first kappa shape index (κ1) is 25.5. The number of sulfonamides is 1. The molecular weight excluding hydrogens is 484 g/mol. The monoisotopic (exact) mass is 514 g/mol. The molecule has 35 heavy (non-hydrogen) atoms. The quantitative estimate of drug-likeness (QED) is 0.451. The van der Waals surface area contributed by atoms with Gasteiger partial charge in [-0.05, 0) is 73.4 Å². The normalized spacial score (nSPS) is 17.0. The number of rotatable bonds is 8. The fourth-order valence-corrected chi connectivity index (χ4v) is 6.09. The minimum absolute atomic E-state index is 0.183. The van der Waals surface area contributed by atoms with Gasteiger partial charge in [-0.2, -0.15) is 0 Å². The zero-order valence-electron chi connectivity index (χ0n) is 20.4. The van der Waals surface area contributed by atoms with E-state index in [1.807, 2.05) is 19.1 Å². The molecule has 3 aromatic rings. The summed E-state index contributed by atoms with van der Waals surface area (Å²) in [6.07, 6.45) is 0.828. The molecule has 8 heteroatoms. The largest absolute Gasteiger partial charge is 0.493 e. The third kappa shape index (κ3) is 5.64. The van der Waals surface area contributed by atoms with E-state index in [0.29, 0.717) is 23.1 Å². The number of ether oxygens (including phenoxy) is 2. The number of hydrogen-bond donors (Lipinski definition) is 1. The molecule has 0 fully saturated rings. The number of halogens is 1. The summed E-state index contributed by atoms with van der Waals surface area (Å²) >= 11 is 5.96. The number of aryl methyl sites for hydroxylation is 1. The van der Waals surface area contributed by atoms with Gasteiger partial charge in [0.15, 0.2) is 11.5 Å². The van der Waals surface area contributed by atoms with Crippen LogP contribution in [0.5, 0.6) is 11.5 Å². The first-order chi connectivity index (χ1) is 16.7. The fourth-order valence-electron chi connectivity index (χ4n) is 4.71. The van der Waals surface area contributed by atoms with Crippen LogP contribution >= 0.6 is 11.6 Å². The first-order valence-corrected chi connectivity index (χ1v) is 13.4. The standard InChI is InChI=1S/C27H31ClN2O4S/c1-18-5-7-20(8-6-18)17-30-14-13-21-15-25(33-3)26(34-4)16-24(21)27(30)19(2)29-35(31,32)23-11-9-22(28)10-12-23/h5-12,15-16,19,27,29H,13-14,17H2,1-4H3/t19-,27+/m1/s1. The topological polar surface area (TPSA) is 67.9 Å². The third-order valence-corrected chi connectivity index (χ3v) is 8.30. The number of nitrogens with one attached hydrogen (secondary N) is 1. The molecule has 0 saturated carbocycles. The lowest BCUT2D eigenvalue weighted by molar-refractivity contribution is 0.150. The summed E-state index contributed by atoms with van der Waals surface area (Å²) in [6.45, 7) is 5.46. The Morgan fingerprint density at radius 1 is 1.03 bits per heavy atom. The van der Waals surface area contributed by atoms with Gasteiger partial charge in [0.1, 0.15) is 0 Å². The van der Waals surface area contributed by atoms with Crippen molar-refractivity contribution in [3.05, 3.63) is 87.9 Å². The summed E-state index contributed by atoms with van der Waals surface area (Å²) < 4.78 is 40.4. The zero-order chi connectivity index (χ0) is 25.2. The van der Waals surface area contributed by atoms with Gasteiger partial charge in [0.25, 0.3) is 0 Å². The molecule has 0 bridgehead atoms. The second-order valence-electron chi connectivity index (χ2n) is 8.92. The lowest BCUT2D eigenvalue weighted by Crippen LogP contribution is -2.47. The van der Waals surface area contributed by atoms with Crippen molar-refractivity contribution in [1.29, 1.82) is 0 Å². The van der Waals surface area contributed by atoms with Crippen molar-refractivity contribution in [2.45, 2.75) is 43.8 Å². The fraction of sp³-hybridized carbons (Fsp3) is 0.333. The second kappa shape index (κ2) is 10.6. The predicted octanol–water partition coefficient (Wildman–Crippen LogP) is 5.13. The summed E-state index contributed by atoms with van der Waals surface area (Å²) in [5, 5.41) is 0.489. The third-order valence-electron chi connectivity index (χ3n) is 6.47. The van der Waals surface area contributed by atoms with E-state index in [-0.39, 0.29) is 10.9 Å². The van der Waals surface area contributed by atoms with Crippen LogP contribution in [0.3, 0.4) is 0 Å². The van der Waals surface area contributed by atoms with E-state index >= 15 is 0 Å². The Labute approximate surface area is 212 Å². The van der Waals surface area contributed by atoms with Crippen molar-refractivity contribution in [2.75, 3.05) is 20.8 Å². The average Bonchev–Trinajstić information content (AvgIpc) is 2.84. The van der Waals surface area contributed by atoms with Crippen molar-refractivity contribution in [1.82, 2.24) is 9.62 Å². The zero-order valence-corrected chi connectivity index (χ0v) is 22.0. The maximum absolute atomic E-state index is 13.2. The van der Waals surface area contributed by atoms with Crippen LogP contribution in [0.4, 0.5) is 0 Å². The Morgan fingerprint density at radius 3 is 2.29 bits per heavy atom. The molecule has 0 unspecified atom stereocenters. The average molecular weight is 515 g/mol. The molecule has 3 aromatic carbocycles. The van der Waals surface area contributed by atoms with Crippen LogP contribution in [0.1, 0.15) is 35.2 Å². The van der Waals surface area contributed by atoms with Crippen molar-refractivity contribution in [3.63, 3.8) is 0 Å². The number of hydrogen-bond acceptors (Lipinski definition) is 5. The summed E-state index contributed by atoms with van der Waals surface area (Å²) in [5.74, 6) is 1.30. The molecule has 1 aliphatic heterocycles. The molecular formula is C27H31ClN2O4S. The van der Waals surface area contributed by atoms with Gasteiger partial charge in [0, 0.05) is 24.2 Å². The van der Waals surface area contributed by atoms with Gasteiger partial charge in [0.2, 0.25) is 10.0 Å². The van der Waals surface area contributed by atoms with Gasteiger partial charge in [0.05, 0.1) is 25.2 Å². The second-order valence-corrected chi connectivity index (χ2v) is 11.1. The Morgan fingerprint density at radius 2 is 1.66 bits per heavy atom. The number of fused-ring (bicyclic) bond motifs is 1. The van der Waals surface area contributed by atoms with Gasteiger partial charge in [-0.3, -0.25) is 4.90 Å². The van der Waals surface area contributed by atoms with Crippen LogP contribution < -0.4 is 14.2 Å².